The summed E-state index contributed by atoms with van der Waals surface area (Å²) in [7, 11) is 0. The number of carbonyl (C=O) groups excluding carboxylic acids is 4. The molecule has 8 fully saturated rings. The van der Waals surface area contributed by atoms with E-state index in [2.05, 4.69) is 21.3 Å². The van der Waals surface area contributed by atoms with Gasteiger partial charge in [-0.05, 0) is 0 Å². The minimum Gasteiger partial charge on any atom is -0.477 e. The van der Waals surface area contributed by atoms with E-state index in [1.807, 2.05) is 0 Å². The Morgan fingerprint density at radius 3 is 1.25 bits per heavy atom. The second kappa shape index (κ2) is 39.9. The third kappa shape index (κ3) is 20.8. The van der Waals surface area contributed by atoms with Crippen LogP contribution >= 0.6 is 0 Å². The molecule has 8 heterocycles. The SMILES string of the molecule is CC(=O)N[C@H]1[C@H](OC[C@H]2O[C@@H](O[C@H]3[C@@H](O)[C@@H](O)[C@H](O)O[C@@H]3CO)[C@H](O)[C@@H](O[C@@H]3O[C@H](CO[C@@]4(C(=O)O)C[C@H](O)[C@@H](NC(C)=O)[C@H]([C@H](O)[C@H](O)CO)O4)[C@@H](O)[C@H](O[C@@H]4O[C@H](CO)[C@H](O)[C@H](O[C@@]5(C(=O)O)C[C@H](O)[C@@H](NC(C)=O)[C@H]([C@H](O)[C@H](O)CO)O5)[C@H]4O)[C@H]3NC(C)=O)[C@H]2O)O[C@H](CO)[C@@H](O[C@@H]2O[C@H](CO)[C@H](O)[C@H](O)[C@H]2O)[C@@H]1O. The minimum atomic E-state index is -3.43. The van der Waals surface area contributed by atoms with Crippen molar-refractivity contribution in [1.29, 1.82) is 0 Å². The lowest BCUT2D eigenvalue weighted by Gasteiger charge is -2.52. The van der Waals surface area contributed by atoms with Gasteiger partial charge in [0.1, 0.15) is 183 Å². The molecule has 0 bridgehead atoms. The second-order valence-corrected chi connectivity index (χ2v) is 28.2. The fraction of sp³-hybridized carbons (Fsp3) is 0.903. The number of hydrogen-bond acceptors (Lipinski definition) is 45. The first-order chi connectivity index (χ1) is 53.1. The van der Waals surface area contributed by atoms with Crippen molar-refractivity contribution in [2.75, 3.05) is 52.9 Å². The summed E-state index contributed by atoms with van der Waals surface area (Å²) in [5.41, 5.74) is 0. The van der Waals surface area contributed by atoms with Crippen molar-refractivity contribution in [1.82, 2.24) is 21.3 Å². The molecule has 51 heteroatoms. The molecule has 113 heavy (non-hydrogen) atoms. The quantitative estimate of drug-likeness (QED) is 0.0297. The minimum absolute atomic E-state index is 0.794. The molecule has 8 saturated heterocycles. The maximum Gasteiger partial charge on any atom is 0.364 e. The van der Waals surface area contributed by atoms with Crippen LogP contribution in [-0.4, -0.2) is 478 Å². The number of ether oxygens (including phenoxy) is 15. The normalized spacial score (nSPS) is 45.6. The highest BCUT2D eigenvalue weighted by Crippen LogP contribution is 2.42. The van der Waals surface area contributed by atoms with Crippen molar-refractivity contribution in [2.24, 2.45) is 0 Å². The van der Waals surface area contributed by atoms with Gasteiger partial charge in [-0.2, -0.15) is 0 Å². The van der Waals surface area contributed by atoms with E-state index in [9.17, 15) is 162 Å². The lowest BCUT2D eigenvalue weighted by Crippen LogP contribution is -2.72. The van der Waals surface area contributed by atoms with Gasteiger partial charge in [0.15, 0.2) is 37.7 Å². The van der Waals surface area contributed by atoms with Crippen molar-refractivity contribution >= 4 is 35.6 Å². The molecule has 652 valence electrons. The first-order valence-corrected chi connectivity index (χ1v) is 35.4. The predicted molar refractivity (Wildman–Crippen MR) is 345 cm³/mol. The van der Waals surface area contributed by atoms with Crippen LogP contribution < -0.4 is 21.3 Å². The third-order valence-corrected chi connectivity index (χ3v) is 20.2. The first-order valence-electron chi connectivity index (χ1n) is 35.4. The van der Waals surface area contributed by atoms with Gasteiger partial charge in [-0.3, -0.25) is 19.2 Å². The number of carboxylic acid groups (broad SMARTS) is 2. The van der Waals surface area contributed by atoms with Gasteiger partial charge in [0.05, 0.1) is 77.1 Å². The Morgan fingerprint density at radius 1 is 0.372 bits per heavy atom. The Kier molecular flexibility index (Phi) is 33.1. The van der Waals surface area contributed by atoms with Crippen molar-refractivity contribution in [3.05, 3.63) is 0 Å². The van der Waals surface area contributed by atoms with Crippen molar-refractivity contribution < 1.29 is 233 Å². The molecule has 42 atom stereocenters. The van der Waals surface area contributed by atoms with Crippen LogP contribution in [0, 0.1) is 0 Å². The number of nitrogens with one attached hydrogen (secondary N) is 4. The molecule has 0 aromatic rings. The van der Waals surface area contributed by atoms with Crippen LogP contribution in [0.4, 0.5) is 0 Å². The smallest absolute Gasteiger partial charge is 0.364 e. The van der Waals surface area contributed by atoms with Crippen LogP contribution in [0.1, 0.15) is 40.5 Å². The zero-order valence-corrected chi connectivity index (χ0v) is 60.4. The molecule has 4 amide bonds. The van der Waals surface area contributed by atoms with Crippen LogP contribution in [0.15, 0.2) is 0 Å². The third-order valence-electron chi connectivity index (χ3n) is 20.2. The number of carbonyl (C=O) groups is 6. The topological polar surface area (TPSA) is 815 Å². The van der Waals surface area contributed by atoms with Crippen molar-refractivity contribution in [2.45, 2.75) is 297 Å². The highest BCUT2D eigenvalue weighted by Gasteiger charge is 2.64. The van der Waals surface area contributed by atoms with Crippen LogP contribution in [0.5, 0.6) is 0 Å². The molecule has 0 aliphatic carbocycles. The molecule has 0 aromatic heterocycles. The van der Waals surface area contributed by atoms with E-state index in [1.54, 1.807) is 0 Å². The monoisotopic (exact) mass is 1650 g/mol. The molecule has 8 rings (SSSR count). The molecule has 0 spiro atoms. The summed E-state index contributed by atoms with van der Waals surface area (Å²) in [6.07, 6.45) is -83.8. The number of carboxylic acids is 2. The highest BCUT2D eigenvalue weighted by molar-refractivity contribution is 5.78. The fourth-order valence-electron chi connectivity index (χ4n) is 14.3. The molecule has 8 aliphatic rings. The van der Waals surface area contributed by atoms with E-state index in [1.165, 1.54) is 0 Å². The molecule has 8 aliphatic heterocycles. The van der Waals surface area contributed by atoms with Crippen LogP contribution in [0.25, 0.3) is 0 Å². The molecule has 30 N–H and O–H groups in total. The lowest BCUT2D eigenvalue weighted by atomic mass is 9.88. The predicted octanol–water partition coefficient (Wildman–Crippen LogP) is -19.5. The number of hydrogen-bond donors (Lipinski definition) is 30. The highest BCUT2D eigenvalue weighted by atomic mass is 16.8. The van der Waals surface area contributed by atoms with E-state index in [-0.39, 0.29) is 0 Å². The van der Waals surface area contributed by atoms with Crippen molar-refractivity contribution in [3.63, 3.8) is 0 Å². The molecule has 0 radical (unpaired) electrons. The average molecular weight is 1660 g/mol. The molecule has 0 unspecified atom stereocenters. The number of aliphatic hydroxyl groups excluding tert-OH is 24. The zero-order chi connectivity index (χ0) is 84.1. The molecular weight excluding hydrogens is 1550 g/mol. The molecular formula is C62H102N4O47. The van der Waals surface area contributed by atoms with Gasteiger partial charge in [0, 0.05) is 40.5 Å². The number of aliphatic carboxylic acids is 2. The summed E-state index contributed by atoms with van der Waals surface area (Å²) < 4.78 is 87.8. The lowest BCUT2D eigenvalue weighted by molar-refractivity contribution is -0.392. The standard InChI is InChI=1S/C62H102N4O47/c1-15(73)63-29-19(77)5-61(59(95)96,111-49(29)33(81)21(79)7-67)100-14-28-37(85)48(109-58-45(93)52(36(84)24(10-70)103-58)113-62(60(97)98)6-20(78)30(64-16(2)74)50(112-62)34(82)22(80)8-68)32(66-18(4)76)55(105-28)110-51-38(86)27(106-57(44(51)92)108-47-25(11-71)101-53(94)42(90)41(47)89)13-99-54-31(65-17(3)75)39(87)46(26(12-72)104-54)107-56-43(91)40(88)35(83)23(9-69)102-56/h19-58,67-72,77-94H,5-14H2,1-4H3,(H,63,73)(H,64,74)(H,65,75)(H,66,76)(H,95,96)(H,97,98)/t19-,20-,21+,22+,23+,24+,25+,26+,27+,28+,29+,30+,31+,32+,33+,34+,35-,36-,37+,38-,39+,40-,41-,42+,43+,44+,45+,46+,47+,48+,49+,50+,51-,52-,53+,54+,55-,56-,57-,58-,61-,62+/m0/s1. The Morgan fingerprint density at radius 2 is 0.752 bits per heavy atom. The van der Waals surface area contributed by atoms with Crippen LogP contribution in [0.2, 0.25) is 0 Å². The second-order valence-electron chi connectivity index (χ2n) is 28.2. The maximum atomic E-state index is 13.6. The van der Waals surface area contributed by atoms with Gasteiger partial charge in [-0.1, -0.05) is 0 Å². The average Bonchev–Trinajstić information content (AvgIpc) is 0.766. The Labute approximate surface area is 637 Å². The van der Waals surface area contributed by atoms with E-state index in [0.717, 1.165) is 27.7 Å². The van der Waals surface area contributed by atoms with Gasteiger partial charge in [-0.15, -0.1) is 0 Å². The van der Waals surface area contributed by atoms with E-state index >= 15 is 0 Å². The molecule has 0 aromatic carbocycles. The Hall–Kier alpha value is -4.74. The Bertz CT molecular complexity index is 3110. The van der Waals surface area contributed by atoms with Crippen LogP contribution in [0.3, 0.4) is 0 Å². The number of amides is 4. The van der Waals surface area contributed by atoms with Gasteiger partial charge in [0.25, 0.3) is 11.6 Å². The summed E-state index contributed by atoms with van der Waals surface area (Å²) in [5.74, 6) is -15.2. The van der Waals surface area contributed by atoms with E-state index < -0.39 is 358 Å². The van der Waals surface area contributed by atoms with Gasteiger partial charge in [0.2, 0.25) is 23.6 Å². The summed E-state index contributed by atoms with van der Waals surface area (Å²) in [6.45, 7) is -6.18. The summed E-state index contributed by atoms with van der Waals surface area (Å²) in [5, 5.41) is 296. The fourth-order valence-corrected chi connectivity index (χ4v) is 14.3. The number of rotatable bonds is 32. The maximum absolute atomic E-state index is 13.6. The number of aliphatic hydroxyl groups is 24. The Balaban J connectivity index is 1.21. The van der Waals surface area contributed by atoms with E-state index in [4.69, 9.17) is 71.1 Å². The van der Waals surface area contributed by atoms with E-state index in [0.29, 0.717) is 0 Å². The van der Waals surface area contributed by atoms with Gasteiger partial charge in [-0.25, -0.2) is 9.59 Å². The summed E-state index contributed by atoms with van der Waals surface area (Å²) in [4.78, 5) is 78.2. The molecule has 51 nitrogen and oxygen atoms in total. The van der Waals surface area contributed by atoms with Gasteiger partial charge >= 0.3 is 11.9 Å². The molecule has 0 saturated carbocycles. The zero-order valence-electron chi connectivity index (χ0n) is 60.4. The van der Waals surface area contributed by atoms with Crippen molar-refractivity contribution in [3.8, 4) is 0 Å². The van der Waals surface area contributed by atoms with Gasteiger partial charge < -0.3 is 225 Å². The summed E-state index contributed by atoms with van der Waals surface area (Å²) in [6, 6.07) is -7.83. The summed E-state index contributed by atoms with van der Waals surface area (Å²) >= 11 is 0. The largest absolute Gasteiger partial charge is 0.477 e. The van der Waals surface area contributed by atoms with Crippen LogP contribution in [-0.2, 0) is 99.8 Å². The first kappa shape index (κ1) is 93.8.